The minimum absolute atomic E-state index is 0.316. The van der Waals surface area contributed by atoms with Gasteiger partial charge in [-0.05, 0) is 50.1 Å². The molecule has 0 fully saturated rings. The Morgan fingerprint density at radius 3 is 2.74 bits per heavy atom. The maximum Gasteiger partial charge on any atom is 0.280 e. The van der Waals surface area contributed by atoms with Crippen molar-refractivity contribution >= 4 is 23.7 Å². The summed E-state index contributed by atoms with van der Waals surface area (Å²) in [6, 6.07) is 13.1. The third-order valence-corrected chi connectivity index (χ3v) is 3.48. The molecule has 2 rings (SSSR count). The molecular weight excluding hydrogens is 312 g/mol. The molecule has 23 heavy (non-hydrogen) atoms. The van der Waals surface area contributed by atoms with E-state index in [1.165, 1.54) is 0 Å². The summed E-state index contributed by atoms with van der Waals surface area (Å²) in [5, 5.41) is 4.59. The topological polar surface area (TPSA) is 50.7 Å². The van der Waals surface area contributed by atoms with E-state index in [2.05, 4.69) is 10.5 Å². The number of carbonyl (C=O) groups is 1. The number of carbonyl (C=O) groups excluding carboxylic acids is 1. The van der Waals surface area contributed by atoms with Crippen LogP contribution in [-0.4, -0.2) is 18.2 Å². The zero-order valence-corrected chi connectivity index (χ0v) is 14.1. The van der Waals surface area contributed by atoms with Crippen molar-refractivity contribution in [3.05, 3.63) is 64.2 Å². The zero-order valence-electron chi connectivity index (χ0n) is 13.3. The van der Waals surface area contributed by atoms with Crippen molar-refractivity contribution in [1.82, 2.24) is 5.43 Å². The molecule has 0 aliphatic heterocycles. The van der Waals surface area contributed by atoms with Crippen LogP contribution in [0.15, 0.2) is 47.6 Å². The number of ether oxygens (including phenoxy) is 1. The van der Waals surface area contributed by atoms with E-state index in [-0.39, 0.29) is 5.91 Å². The Labute approximate surface area is 141 Å². The van der Waals surface area contributed by atoms with Gasteiger partial charge in [-0.2, -0.15) is 5.10 Å². The van der Waals surface area contributed by atoms with E-state index in [1.54, 1.807) is 31.3 Å². The van der Waals surface area contributed by atoms with Crippen LogP contribution in [0.5, 0.6) is 5.75 Å². The quantitative estimate of drug-likeness (QED) is 0.668. The van der Waals surface area contributed by atoms with Gasteiger partial charge < -0.3 is 4.74 Å². The fraction of sp³-hybridized carbons (Fsp3) is 0.222. The number of benzene rings is 2. The molecule has 4 nitrogen and oxygen atoms in total. The van der Waals surface area contributed by atoms with Gasteiger partial charge in [0.25, 0.3) is 5.91 Å². The average Bonchev–Trinajstić information content (AvgIpc) is 2.50. The van der Waals surface area contributed by atoms with Crippen molar-refractivity contribution in [2.75, 3.05) is 0 Å². The minimum atomic E-state index is -0.662. The molecule has 0 saturated heterocycles. The molecule has 1 atom stereocenters. The van der Waals surface area contributed by atoms with Crippen LogP contribution < -0.4 is 10.2 Å². The van der Waals surface area contributed by atoms with Gasteiger partial charge in [-0.1, -0.05) is 41.4 Å². The van der Waals surface area contributed by atoms with Gasteiger partial charge in [0, 0.05) is 5.02 Å². The van der Waals surface area contributed by atoms with E-state index in [4.69, 9.17) is 16.3 Å². The predicted molar refractivity (Wildman–Crippen MR) is 93.2 cm³/mol. The van der Waals surface area contributed by atoms with E-state index in [0.29, 0.717) is 10.8 Å². The van der Waals surface area contributed by atoms with Gasteiger partial charge in [0.15, 0.2) is 6.10 Å². The standard InChI is InChI=1S/C18H19ClN2O2/c1-12-5-4-6-15(9-12)11-20-21-18(22)14(3)23-17-8-7-16(19)10-13(17)2/h4-11,14H,1-3H3,(H,21,22)/b20-11+. The molecule has 2 aromatic carbocycles. The third-order valence-electron chi connectivity index (χ3n) is 3.24. The molecule has 1 N–H and O–H groups in total. The first kappa shape index (κ1) is 17.0. The Bertz CT molecular complexity index is 729. The van der Waals surface area contributed by atoms with Crippen molar-refractivity contribution in [2.45, 2.75) is 26.9 Å². The summed E-state index contributed by atoms with van der Waals surface area (Å²) >= 11 is 5.90. The molecule has 0 spiro atoms. The molecule has 0 aliphatic carbocycles. The van der Waals surface area contributed by atoms with E-state index >= 15 is 0 Å². The second-order valence-corrected chi connectivity index (χ2v) is 5.75. The highest BCUT2D eigenvalue weighted by atomic mass is 35.5. The van der Waals surface area contributed by atoms with Crippen molar-refractivity contribution in [1.29, 1.82) is 0 Å². The Morgan fingerprint density at radius 1 is 1.26 bits per heavy atom. The summed E-state index contributed by atoms with van der Waals surface area (Å²) in [5.41, 5.74) is 5.41. The first-order chi connectivity index (χ1) is 11.0. The van der Waals surface area contributed by atoms with Crippen molar-refractivity contribution < 1.29 is 9.53 Å². The first-order valence-corrected chi connectivity index (χ1v) is 7.66. The van der Waals surface area contributed by atoms with Gasteiger partial charge in [0.05, 0.1) is 6.21 Å². The largest absolute Gasteiger partial charge is 0.481 e. The molecule has 0 bridgehead atoms. The van der Waals surface area contributed by atoms with E-state index in [9.17, 15) is 4.79 Å². The van der Waals surface area contributed by atoms with Gasteiger partial charge >= 0.3 is 0 Å². The van der Waals surface area contributed by atoms with Gasteiger partial charge in [-0.15, -0.1) is 0 Å². The molecule has 0 aliphatic rings. The van der Waals surface area contributed by atoms with Crippen LogP contribution in [-0.2, 0) is 4.79 Å². The lowest BCUT2D eigenvalue weighted by molar-refractivity contribution is -0.127. The Hall–Kier alpha value is -2.33. The number of nitrogens with zero attached hydrogens (tertiary/aromatic N) is 1. The number of hydrazone groups is 1. The van der Waals surface area contributed by atoms with Crippen LogP contribution in [0, 0.1) is 13.8 Å². The lowest BCUT2D eigenvalue weighted by Gasteiger charge is -2.14. The smallest absolute Gasteiger partial charge is 0.280 e. The maximum absolute atomic E-state index is 12.0. The monoisotopic (exact) mass is 330 g/mol. The highest BCUT2D eigenvalue weighted by molar-refractivity contribution is 6.30. The number of nitrogens with one attached hydrogen (secondary N) is 1. The van der Waals surface area contributed by atoms with Gasteiger partial charge in [-0.25, -0.2) is 5.43 Å². The number of amides is 1. The lowest BCUT2D eigenvalue weighted by Crippen LogP contribution is -2.33. The van der Waals surface area contributed by atoms with Gasteiger partial charge in [-0.3, -0.25) is 4.79 Å². The number of aryl methyl sites for hydroxylation is 2. The minimum Gasteiger partial charge on any atom is -0.481 e. The molecule has 120 valence electrons. The highest BCUT2D eigenvalue weighted by Gasteiger charge is 2.15. The van der Waals surface area contributed by atoms with Crippen molar-refractivity contribution in [3.8, 4) is 5.75 Å². The average molecular weight is 331 g/mol. The van der Waals surface area contributed by atoms with Crippen LogP contribution in [0.3, 0.4) is 0 Å². The fourth-order valence-electron chi connectivity index (χ4n) is 2.00. The second kappa shape index (κ2) is 7.79. The molecular formula is C18H19ClN2O2. The van der Waals surface area contributed by atoms with Gasteiger partial charge in [0.1, 0.15) is 5.75 Å². The number of halogens is 1. The second-order valence-electron chi connectivity index (χ2n) is 5.32. The summed E-state index contributed by atoms with van der Waals surface area (Å²) < 4.78 is 5.64. The Balaban J connectivity index is 1.92. The maximum atomic E-state index is 12.0. The van der Waals surface area contributed by atoms with Crippen molar-refractivity contribution in [2.24, 2.45) is 5.10 Å². The summed E-state index contributed by atoms with van der Waals surface area (Å²) in [4.78, 5) is 12.0. The summed E-state index contributed by atoms with van der Waals surface area (Å²) in [5.74, 6) is 0.308. The highest BCUT2D eigenvalue weighted by Crippen LogP contribution is 2.22. The molecule has 1 amide bonds. The normalized spacial score (nSPS) is 12.2. The summed E-state index contributed by atoms with van der Waals surface area (Å²) in [7, 11) is 0. The third kappa shape index (κ3) is 5.11. The number of hydrogen-bond acceptors (Lipinski definition) is 3. The molecule has 5 heteroatoms. The SMILES string of the molecule is Cc1cccc(/C=N/NC(=O)C(C)Oc2ccc(Cl)cc2C)c1. The lowest BCUT2D eigenvalue weighted by atomic mass is 10.2. The van der Waals surface area contributed by atoms with Gasteiger partial charge in [0.2, 0.25) is 0 Å². The van der Waals surface area contributed by atoms with E-state index < -0.39 is 6.10 Å². The molecule has 0 heterocycles. The zero-order chi connectivity index (χ0) is 16.8. The van der Waals surface area contributed by atoms with Crippen LogP contribution in [0.25, 0.3) is 0 Å². The molecule has 0 saturated carbocycles. The predicted octanol–water partition coefficient (Wildman–Crippen LogP) is 3.87. The first-order valence-electron chi connectivity index (χ1n) is 7.28. The van der Waals surface area contributed by atoms with Crippen LogP contribution >= 0.6 is 11.6 Å². The van der Waals surface area contributed by atoms with Crippen LogP contribution in [0.4, 0.5) is 0 Å². The molecule has 0 radical (unpaired) electrons. The molecule has 1 unspecified atom stereocenters. The van der Waals surface area contributed by atoms with E-state index in [1.807, 2.05) is 38.1 Å². The van der Waals surface area contributed by atoms with Crippen LogP contribution in [0.1, 0.15) is 23.6 Å². The van der Waals surface area contributed by atoms with Crippen molar-refractivity contribution in [3.63, 3.8) is 0 Å². The number of rotatable bonds is 5. The Kier molecular flexibility index (Phi) is 5.77. The van der Waals surface area contributed by atoms with Crippen LogP contribution in [0.2, 0.25) is 5.02 Å². The summed E-state index contributed by atoms with van der Waals surface area (Å²) in [6.45, 7) is 5.55. The molecule has 2 aromatic rings. The summed E-state index contributed by atoms with van der Waals surface area (Å²) in [6.07, 6.45) is 0.940. The van der Waals surface area contributed by atoms with E-state index in [0.717, 1.165) is 16.7 Å². The Morgan fingerprint density at radius 2 is 2.04 bits per heavy atom. The number of hydrogen-bond donors (Lipinski definition) is 1. The molecule has 0 aromatic heterocycles. The fourth-order valence-corrected chi connectivity index (χ4v) is 2.23.